The van der Waals surface area contributed by atoms with E-state index in [1.54, 1.807) is 6.07 Å². The lowest BCUT2D eigenvalue weighted by Gasteiger charge is -2.17. The van der Waals surface area contributed by atoms with E-state index in [2.05, 4.69) is 5.32 Å². The second kappa shape index (κ2) is 8.20. The summed E-state index contributed by atoms with van der Waals surface area (Å²) in [5.41, 5.74) is 1.01. The van der Waals surface area contributed by atoms with Gasteiger partial charge >= 0.3 is 0 Å². The van der Waals surface area contributed by atoms with Gasteiger partial charge in [-0.05, 0) is 36.7 Å². The number of benzene rings is 1. The van der Waals surface area contributed by atoms with Crippen molar-refractivity contribution in [3.8, 4) is 0 Å². The SMILES string of the molecule is CCN(CCCNCc1cc(Cl)cc(Cl)c1)S(C)(=O)=O. The molecule has 1 aromatic carbocycles. The molecule has 7 heteroatoms. The fourth-order valence-corrected chi connectivity index (χ4v) is 3.39. The van der Waals surface area contributed by atoms with Crippen molar-refractivity contribution in [2.45, 2.75) is 19.9 Å². The Morgan fingerprint density at radius 1 is 1.20 bits per heavy atom. The van der Waals surface area contributed by atoms with Crippen molar-refractivity contribution in [3.05, 3.63) is 33.8 Å². The molecule has 0 heterocycles. The van der Waals surface area contributed by atoms with Gasteiger partial charge in [0.1, 0.15) is 0 Å². The molecule has 0 radical (unpaired) electrons. The van der Waals surface area contributed by atoms with Gasteiger partial charge in [-0.25, -0.2) is 12.7 Å². The van der Waals surface area contributed by atoms with Crippen LogP contribution in [0.4, 0.5) is 0 Å². The standard InChI is InChI=1S/C13H20Cl2N2O2S/c1-3-17(20(2,18)19)6-4-5-16-10-11-7-12(14)9-13(15)8-11/h7-9,16H,3-6,10H2,1-2H3. The van der Waals surface area contributed by atoms with Gasteiger partial charge in [0, 0.05) is 29.7 Å². The molecular formula is C13H20Cl2N2O2S. The summed E-state index contributed by atoms with van der Waals surface area (Å²) in [5, 5.41) is 4.48. The van der Waals surface area contributed by atoms with E-state index in [1.807, 2.05) is 19.1 Å². The van der Waals surface area contributed by atoms with Gasteiger partial charge < -0.3 is 5.32 Å². The Morgan fingerprint density at radius 3 is 2.30 bits per heavy atom. The number of sulfonamides is 1. The number of halogens is 2. The first-order valence-electron chi connectivity index (χ1n) is 6.43. The van der Waals surface area contributed by atoms with Crippen LogP contribution in [0.15, 0.2) is 18.2 Å². The zero-order valence-corrected chi connectivity index (χ0v) is 14.0. The van der Waals surface area contributed by atoms with Crippen LogP contribution >= 0.6 is 23.2 Å². The average molecular weight is 339 g/mol. The maximum atomic E-state index is 11.4. The highest BCUT2D eigenvalue weighted by Crippen LogP contribution is 2.18. The van der Waals surface area contributed by atoms with Gasteiger partial charge in [-0.3, -0.25) is 0 Å². The maximum absolute atomic E-state index is 11.4. The van der Waals surface area contributed by atoms with Crippen LogP contribution < -0.4 is 5.32 Å². The molecule has 0 atom stereocenters. The van der Waals surface area contributed by atoms with Gasteiger partial charge in [-0.1, -0.05) is 30.1 Å². The van der Waals surface area contributed by atoms with Crippen molar-refractivity contribution in [2.24, 2.45) is 0 Å². The molecule has 0 unspecified atom stereocenters. The number of hydrogen-bond acceptors (Lipinski definition) is 3. The third-order valence-corrected chi connectivity index (χ3v) is 4.65. The van der Waals surface area contributed by atoms with Gasteiger partial charge in [-0.2, -0.15) is 0 Å². The van der Waals surface area contributed by atoms with Crippen molar-refractivity contribution in [1.82, 2.24) is 9.62 Å². The van der Waals surface area contributed by atoms with E-state index in [-0.39, 0.29) is 0 Å². The number of hydrogen-bond donors (Lipinski definition) is 1. The Labute approximate surface area is 131 Å². The van der Waals surface area contributed by atoms with E-state index in [0.29, 0.717) is 29.7 Å². The minimum Gasteiger partial charge on any atom is -0.313 e. The predicted molar refractivity (Wildman–Crippen MR) is 84.9 cm³/mol. The van der Waals surface area contributed by atoms with Crippen molar-refractivity contribution in [3.63, 3.8) is 0 Å². The summed E-state index contributed by atoms with van der Waals surface area (Å²) in [7, 11) is -3.09. The average Bonchev–Trinajstić information content (AvgIpc) is 2.30. The molecule has 0 bridgehead atoms. The molecule has 0 aliphatic heterocycles. The highest BCUT2D eigenvalue weighted by molar-refractivity contribution is 7.88. The van der Waals surface area contributed by atoms with Gasteiger partial charge in [-0.15, -0.1) is 0 Å². The lowest BCUT2D eigenvalue weighted by atomic mass is 10.2. The van der Waals surface area contributed by atoms with E-state index in [9.17, 15) is 8.42 Å². The number of rotatable bonds is 8. The molecule has 0 saturated heterocycles. The Morgan fingerprint density at radius 2 is 1.80 bits per heavy atom. The summed E-state index contributed by atoms with van der Waals surface area (Å²) in [4.78, 5) is 0. The van der Waals surface area contributed by atoms with Crippen LogP contribution in [0.3, 0.4) is 0 Å². The minimum absolute atomic E-state index is 0.503. The van der Waals surface area contributed by atoms with Crippen molar-refractivity contribution in [1.29, 1.82) is 0 Å². The zero-order chi connectivity index (χ0) is 15.2. The van der Waals surface area contributed by atoms with Gasteiger partial charge in [0.25, 0.3) is 0 Å². The highest BCUT2D eigenvalue weighted by atomic mass is 35.5. The van der Waals surface area contributed by atoms with E-state index >= 15 is 0 Å². The zero-order valence-electron chi connectivity index (χ0n) is 11.7. The molecule has 20 heavy (non-hydrogen) atoms. The Bertz CT molecular complexity index is 515. The normalized spacial score (nSPS) is 12.1. The molecule has 0 aromatic heterocycles. The van der Waals surface area contributed by atoms with Crippen molar-refractivity contribution >= 4 is 33.2 Å². The van der Waals surface area contributed by atoms with Crippen LogP contribution in [-0.2, 0) is 16.6 Å². The molecule has 0 spiro atoms. The first-order valence-corrected chi connectivity index (χ1v) is 9.04. The van der Waals surface area contributed by atoms with Gasteiger partial charge in [0.05, 0.1) is 6.26 Å². The highest BCUT2D eigenvalue weighted by Gasteiger charge is 2.12. The van der Waals surface area contributed by atoms with Crippen LogP contribution in [0.25, 0.3) is 0 Å². The molecule has 114 valence electrons. The molecule has 0 amide bonds. The third kappa shape index (κ3) is 6.41. The first-order chi connectivity index (χ1) is 9.32. The molecule has 0 fully saturated rings. The fraction of sp³-hybridized carbons (Fsp3) is 0.538. The second-order valence-electron chi connectivity index (χ2n) is 4.56. The summed E-state index contributed by atoms with van der Waals surface area (Å²) in [5.74, 6) is 0. The smallest absolute Gasteiger partial charge is 0.211 e. The Kier molecular flexibility index (Phi) is 7.26. The summed E-state index contributed by atoms with van der Waals surface area (Å²) < 4.78 is 24.3. The summed E-state index contributed by atoms with van der Waals surface area (Å²) >= 11 is 11.8. The van der Waals surface area contributed by atoms with E-state index in [0.717, 1.165) is 18.5 Å². The molecule has 0 aliphatic carbocycles. The van der Waals surface area contributed by atoms with Crippen LogP contribution in [0, 0.1) is 0 Å². The molecule has 4 nitrogen and oxygen atoms in total. The van der Waals surface area contributed by atoms with Gasteiger partial charge in [0.15, 0.2) is 0 Å². The second-order valence-corrected chi connectivity index (χ2v) is 7.42. The number of nitrogens with zero attached hydrogens (tertiary/aromatic N) is 1. The van der Waals surface area contributed by atoms with Crippen LogP contribution in [0.5, 0.6) is 0 Å². The summed E-state index contributed by atoms with van der Waals surface area (Å²) in [6.07, 6.45) is 1.99. The van der Waals surface area contributed by atoms with Crippen molar-refractivity contribution in [2.75, 3.05) is 25.9 Å². The minimum atomic E-state index is -3.09. The van der Waals surface area contributed by atoms with E-state index < -0.39 is 10.0 Å². The van der Waals surface area contributed by atoms with Gasteiger partial charge in [0.2, 0.25) is 10.0 Å². The summed E-state index contributed by atoms with van der Waals surface area (Å²) in [6, 6.07) is 5.41. The monoisotopic (exact) mass is 338 g/mol. The van der Waals surface area contributed by atoms with Crippen LogP contribution in [0.1, 0.15) is 18.9 Å². The fourth-order valence-electron chi connectivity index (χ4n) is 1.88. The third-order valence-electron chi connectivity index (χ3n) is 2.83. The molecule has 1 N–H and O–H groups in total. The predicted octanol–water partition coefficient (Wildman–Crippen LogP) is 2.75. The topological polar surface area (TPSA) is 49.4 Å². The van der Waals surface area contributed by atoms with Crippen LogP contribution in [0.2, 0.25) is 10.0 Å². The first kappa shape index (κ1) is 17.7. The lowest BCUT2D eigenvalue weighted by Crippen LogP contribution is -2.32. The molecule has 0 saturated carbocycles. The van der Waals surface area contributed by atoms with E-state index in [4.69, 9.17) is 23.2 Å². The molecule has 1 rings (SSSR count). The lowest BCUT2D eigenvalue weighted by molar-refractivity contribution is 0.419. The maximum Gasteiger partial charge on any atom is 0.211 e. The number of nitrogens with one attached hydrogen (secondary N) is 1. The molecular weight excluding hydrogens is 319 g/mol. The largest absolute Gasteiger partial charge is 0.313 e. The summed E-state index contributed by atoms with van der Waals surface area (Å²) in [6.45, 7) is 4.26. The molecule has 1 aromatic rings. The Hall–Kier alpha value is -0.330. The van der Waals surface area contributed by atoms with Crippen LogP contribution in [-0.4, -0.2) is 38.6 Å². The Balaban J connectivity index is 2.32. The van der Waals surface area contributed by atoms with Crippen molar-refractivity contribution < 1.29 is 8.42 Å². The van der Waals surface area contributed by atoms with E-state index in [1.165, 1.54) is 10.6 Å². The quantitative estimate of drug-likeness (QED) is 0.741. The molecule has 0 aliphatic rings.